The third kappa shape index (κ3) is 2.54. The Morgan fingerprint density at radius 1 is 1.45 bits per heavy atom. The van der Waals surface area contributed by atoms with Gasteiger partial charge in [-0.15, -0.1) is 0 Å². The third-order valence-electron chi connectivity index (χ3n) is 1.56. The average Bonchev–Trinajstić information content (AvgIpc) is 2.12. The topological polar surface area (TPSA) is 12.5 Å². The lowest BCUT2D eigenvalue weighted by molar-refractivity contribution is -0.198. The maximum Gasteiger partial charge on any atom is 0.0878 e. The average molecular weight is 155 g/mol. The minimum atomic E-state index is -0.0900. The molecule has 0 spiro atoms. The van der Waals surface area contributed by atoms with E-state index in [1.807, 2.05) is 5.06 Å². The maximum atomic E-state index is 5.64. The molecule has 1 heterocycles. The molecule has 0 saturated carbocycles. The molecule has 2 heteroatoms. The Kier molecular flexibility index (Phi) is 2.23. The third-order valence-corrected chi connectivity index (χ3v) is 1.56. The largest absolute Gasteiger partial charge is 0.268 e. The fourth-order valence-corrected chi connectivity index (χ4v) is 1.15. The Labute approximate surface area is 68.8 Å². The van der Waals surface area contributed by atoms with E-state index in [0.717, 1.165) is 18.7 Å². The first-order chi connectivity index (χ1) is 4.99. The summed E-state index contributed by atoms with van der Waals surface area (Å²) in [4.78, 5) is 5.64. The zero-order valence-corrected chi connectivity index (χ0v) is 7.68. The first-order valence-electron chi connectivity index (χ1n) is 4.13. The van der Waals surface area contributed by atoms with E-state index in [0.29, 0.717) is 0 Å². The van der Waals surface area contributed by atoms with Gasteiger partial charge >= 0.3 is 0 Å². The summed E-state index contributed by atoms with van der Waals surface area (Å²) in [7, 11) is 0. The van der Waals surface area contributed by atoms with Gasteiger partial charge in [0, 0.05) is 12.2 Å². The van der Waals surface area contributed by atoms with Gasteiger partial charge in [-0.25, -0.2) is 0 Å². The van der Waals surface area contributed by atoms with Crippen LogP contribution < -0.4 is 0 Å². The van der Waals surface area contributed by atoms with Crippen LogP contribution in [0.4, 0.5) is 0 Å². The van der Waals surface area contributed by atoms with Crippen LogP contribution in [0.1, 0.15) is 33.6 Å². The molecule has 1 aliphatic heterocycles. The second-order valence-electron chi connectivity index (χ2n) is 3.98. The Bertz CT molecular complexity index is 157. The lowest BCUT2D eigenvalue weighted by Crippen LogP contribution is -2.30. The van der Waals surface area contributed by atoms with Crippen molar-refractivity contribution < 1.29 is 4.84 Å². The molecule has 0 aromatic carbocycles. The van der Waals surface area contributed by atoms with E-state index < -0.39 is 0 Å². The number of hydrogen-bond acceptors (Lipinski definition) is 2. The van der Waals surface area contributed by atoms with Crippen LogP contribution in [0.25, 0.3) is 0 Å². The highest BCUT2D eigenvalue weighted by Gasteiger charge is 2.21. The molecule has 0 bridgehead atoms. The van der Waals surface area contributed by atoms with Gasteiger partial charge in [-0.1, -0.05) is 6.58 Å². The minimum absolute atomic E-state index is 0.0900. The Hall–Kier alpha value is -0.500. The van der Waals surface area contributed by atoms with Crippen LogP contribution in [0, 0.1) is 0 Å². The molecule has 0 atom stereocenters. The first-order valence-corrected chi connectivity index (χ1v) is 4.13. The Morgan fingerprint density at radius 3 is 2.45 bits per heavy atom. The number of allylic oxidation sites excluding steroid dienone is 1. The molecule has 1 fully saturated rings. The molecule has 0 N–H and O–H groups in total. The van der Waals surface area contributed by atoms with Gasteiger partial charge in [0.25, 0.3) is 0 Å². The van der Waals surface area contributed by atoms with Crippen molar-refractivity contribution in [2.45, 2.75) is 39.2 Å². The van der Waals surface area contributed by atoms with Crippen LogP contribution in [0.15, 0.2) is 12.3 Å². The van der Waals surface area contributed by atoms with Crippen molar-refractivity contribution in [3.05, 3.63) is 12.3 Å². The zero-order chi connectivity index (χ0) is 8.48. The molecule has 0 amide bonds. The van der Waals surface area contributed by atoms with Crippen LogP contribution in [0.2, 0.25) is 0 Å². The van der Waals surface area contributed by atoms with Gasteiger partial charge < -0.3 is 0 Å². The van der Waals surface area contributed by atoms with Crippen molar-refractivity contribution in [1.82, 2.24) is 5.06 Å². The fourth-order valence-electron chi connectivity index (χ4n) is 1.15. The molecule has 0 radical (unpaired) electrons. The second kappa shape index (κ2) is 2.86. The predicted molar refractivity (Wildman–Crippen MR) is 45.9 cm³/mol. The maximum absolute atomic E-state index is 5.64. The zero-order valence-electron chi connectivity index (χ0n) is 7.68. The predicted octanol–water partition coefficient (Wildman–Crippen LogP) is 2.33. The summed E-state index contributed by atoms with van der Waals surface area (Å²) in [6.07, 6.45) is 2.25. The van der Waals surface area contributed by atoms with Crippen molar-refractivity contribution in [3.63, 3.8) is 0 Å². The van der Waals surface area contributed by atoms with E-state index in [1.165, 1.54) is 6.42 Å². The van der Waals surface area contributed by atoms with Crippen LogP contribution in [0.5, 0.6) is 0 Å². The molecule has 2 nitrogen and oxygen atoms in total. The molecule has 1 rings (SSSR count). The highest BCUT2D eigenvalue weighted by Crippen LogP contribution is 2.23. The second-order valence-corrected chi connectivity index (χ2v) is 3.98. The van der Waals surface area contributed by atoms with Gasteiger partial charge in [0.15, 0.2) is 0 Å². The molecule has 64 valence electrons. The summed E-state index contributed by atoms with van der Waals surface area (Å²) < 4.78 is 0. The van der Waals surface area contributed by atoms with Crippen molar-refractivity contribution in [2.24, 2.45) is 0 Å². The van der Waals surface area contributed by atoms with Crippen LogP contribution >= 0.6 is 0 Å². The van der Waals surface area contributed by atoms with Crippen molar-refractivity contribution >= 4 is 0 Å². The SMILES string of the molecule is C=C1CCCN1OC(C)(C)C. The summed E-state index contributed by atoms with van der Waals surface area (Å²) in [6.45, 7) is 11.1. The van der Waals surface area contributed by atoms with Crippen LogP contribution in [-0.2, 0) is 4.84 Å². The summed E-state index contributed by atoms with van der Waals surface area (Å²) >= 11 is 0. The molecule has 0 aliphatic carbocycles. The number of hydroxylamine groups is 2. The highest BCUT2D eigenvalue weighted by molar-refractivity contribution is 4.95. The molecule has 0 aromatic heterocycles. The lowest BCUT2D eigenvalue weighted by Gasteiger charge is -2.28. The van der Waals surface area contributed by atoms with E-state index in [4.69, 9.17) is 4.84 Å². The fraction of sp³-hybridized carbons (Fsp3) is 0.778. The van der Waals surface area contributed by atoms with Crippen LogP contribution in [0.3, 0.4) is 0 Å². The van der Waals surface area contributed by atoms with E-state index in [1.54, 1.807) is 0 Å². The van der Waals surface area contributed by atoms with E-state index in [2.05, 4.69) is 27.4 Å². The van der Waals surface area contributed by atoms with Gasteiger partial charge in [-0.3, -0.25) is 9.90 Å². The normalized spacial score (nSPS) is 19.5. The van der Waals surface area contributed by atoms with E-state index >= 15 is 0 Å². The quantitative estimate of drug-likeness (QED) is 0.576. The lowest BCUT2D eigenvalue weighted by atomic mass is 10.2. The number of hydrogen-bond donors (Lipinski definition) is 0. The van der Waals surface area contributed by atoms with Gasteiger partial charge in [0.2, 0.25) is 0 Å². The van der Waals surface area contributed by atoms with Crippen molar-refractivity contribution in [2.75, 3.05) is 6.54 Å². The minimum Gasteiger partial charge on any atom is -0.268 e. The Morgan fingerprint density at radius 2 is 2.09 bits per heavy atom. The molecule has 0 aromatic rings. The van der Waals surface area contributed by atoms with Gasteiger partial charge in [-0.05, 0) is 33.6 Å². The summed E-state index contributed by atoms with van der Waals surface area (Å²) in [5.74, 6) is 0. The van der Waals surface area contributed by atoms with E-state index in [9.17, 15) is 0 Å². The van der Waals surface area contributed by atoms with Crippen molar-refractivity contribution in [1.29, 1.82) is 0 Å². The van der Waals surface area contributed by atoms with Gasteiger partial charge in [0.1, 0.15) is 0 Å². The standard InChI is InChI=1S/C9H17NO/c1-8-6-5-7-10(8)11-9(2,3)4/h1,5-7H2,2-4H3. The number of nitrogens with zero attached hydrogens (tertiary/aromatic N) is 1. The summed E-state index contributed by atoms with van der Waals surface area (Å²) in [5, 5.41) is 1.92. The van der Waals surface area contributed by atoms with Gasteiger partial charge in [0.05, 0.1) is 5.60 Å². The molecule has 0 unspecified atom stereocenters. The Balaban J connectivity index is 2.43. The van der Waals surface area contributed by atoms with Crippen LogP contribution in [-0.4, -0.2) is 17.2 Å². The van der Waals surface area contributed by atoms with Crippen molar-refractivity contribution in [3.8, 4) is 0 Å². The van der Waals surface area contributed by atoms with E-state index in [-0.39, 0.29) is 5.60 Å². The molecular weight excluding hydrogens is 138 g/mol. The summed E-state index contributed by atoms with van der Waals surface area (Å²) in [6, 6.07) is 0. The first kappa shape index (κ1) is 8.60. The monoisotopic (exact) mass is 155 g/mol. The molecular formula is C9H17NO. The smallest absolute Gasteiger partial charge is 0.0878 e. The molecule has 1 saturated heterocycles. The highest BCUT2D eigenvalue weighted by atomic mass is 16.7. The number of rotatable bonds is 1. The molecule has 11 heavy (non-hydrogen) atoms. The van der Waals surface area contributed by atoms with Gasteiger partial charge in [-0.2, -0.15) is 0 Å². The summed E-state index contributed by atoms with van der Waals surface area (Å²) in [5.41, 5.74) is 1.02. The molecule has 1 aliphatic rings.